The number of carbonyl (C=O) groups excluding carboxylic acids is 2. The number of hydrogen-bond donors (Lipinski definition) is 3. The van der Waals surface area contributed by atoms with Gasteiger partial charge in [0.25, 0.3) is 0 Å². The molecule has 8 heteroatoms. The summed E-state index contributed by atoms with van der Waals surface area (Å²) in [7, 11) is 1.88. The van der Waals surface area contributed by atoms with E-state index in [1.54, 1.807) is 0 Å². The molecule has 37 heavy (non-hydrogen) atoms. The molecule has 9 unspecified atom stereocenters. The lowest BCUT2D eigenvalue weighted by atomic mass is 9.56. The normalized spacial score (nSPS) is 40.2. The molecule has 4 aliphatic rings. The van der Waals surface area contributed by atoms with Gasteiger partial charge in [0, 0.05) is 37.6 Å². The van der Waals surface area contributed by atoms with Gasteiger partial charge in [0.2, 0.25) is 0 Å². The minimum Gasteiger partial charge on any atom is -0.454 e. The van der Waals surface area contributed by atoms with Crippen molar-refractivity contribution in [1.29, 1.82) is 0 Å². The topological polar surface area (TPSA) is 108 Å². The summed E-state index contributed by atoms with van der Waals surface area (Å²) in [5.74, 6) is -1.60. The minimum absolute atomic E-state index is 0.0189. The highest BCUT2D eigenvalue weighted by molar-refractivity contribution is 5.79. The van der Waals surface area contributed by atoms with Crippen LogP contribution in [0.3, 0.4) is 0 Å². The van der Waals surface area contributed by atoms with E-state index < -0.39 is 47.6 Å². The number of nitrogens with zero attached hydrogens (tertiary/aromatic N) is 1. The second-order valence-electron chi connectivity index (χ2n) is 11.5. The molecule has 0 aromatic heterocycles. The Balaban J connectivity index is 1.46. The molecule has 1 saturated heterocycles. The number of hydrogen-bond acceptors (Lipinski definition) is 8. The molecule has 3 N–H and O–H groups in total. The van der Waals surface area contributed by atoms with Crippen LogP contribution in [0.4, 0.5) is 5.69 Å². The van der Waals surface area contributed by atoms with Gasteiger partial charge in [-0.1, -0.05) is 43.4 Å². The first-order valence-corrected chi connectivity index (χ1v) is 13.1. The SMILES string of the molecule is C=C(C)C1CCC(C)C2(O)C1C=C(C)C(OC(C)=O)C2OC(=O)C1CC2(O)c3ccccc3N(C)C2N1. The second-order valence-corrected chi connectivity index (χ2v) is 11.5. The number of nitrogens with one attached hydrogen (secondary N) is 1. The number of carbonyl (C=O) groups is 2. The molecule has 2 fully saturated rings. The van der Waals surface area contributed by atoms with E-state index in [0.717, 1.165) is 35.2 Å². The zero-order chi connectivity index (χ0) is 26.9. The molecular formula is C29H38N2O6. The molecule has 0 amide bonds. The second kappa shape index (κ2) is 8.96. The van der Waals surface area contributed by atoms with Crippen molar-refractivity contribution >= 4 is 17.6 Å². The molecule has 1 saturated carbocycles. The Kier molecular flexibility index (Phi) is 6.28. The van der Waals surface area contributed by atoms with E-state index in [2.05, 4.69) is 11.9 Å². The first-order chi connectivity index (χ1) is 17.4. The Morgan fingerprint density at radius 3 is 2.54 bits per heavy atom. The van der Waals surface area contributed by atoms with E-state index in [4.69, 9.17) is 9.47 Å². The molecule has 8 nitrogen and oxygen atoms in total. The van der Waals surface area contributed by atoms with E-state index >= 15 is 0 Å². The maximum atomic E-state index is 13.7. The van der Waals surface area contributed by atoms with Crippen LogP contribution in [0.5, 0.6) is 0 Å². The third-order valence-electron chi connectivity index (χ3n) is 9.21. The zero-order valence-electron chi connectivity index (χ0n) is 22.2. The van der Waals surface area contributed by atoms with Gasteiger partial charge in [-0.3, -0.25) is 14.9 Å². The molecular weight excluding hydrogens is 472 g/mol. The lowest BCUT2D eigenvalue weighted by molar-refractivity contribution is -0.221. The smallest absolute Gasteiger partial charge is 0.323 e. The van der Waals surface area contributed by atoms with Gasteiger partial charge >= 0.3 is 11.9 Å². The standard InChI is InChI=1S/C29H38N2O6/c1-15(2)19-12-11-17(4)29(35)21(19)13-16(3)24(36-18(5)32)25(29)37-26(33)22-14-28(34)20-9-7-8-10-23(20)31(6)27(28)30-22/h7-10,13,17,19,21-22,24-25,27,30,34-35H,1,11-12,14H2,2-6H3. The van der Waals surface area contributed by atoms with E-state index in [0.29, 0.717) is 0 Å². The average Bonchev–Trinajstić information content (AvgIpc) is 3.29. The highest BCUT2D eigenvalue weighted by Crippen LogP contribution is 2.53. The van der Waals surface area contributed by atoms with Gasteiger partial charge in [-0.25, -0.2) is 0 Å². The number of ether oxygens (including phenoxy) is 2. The van der Waals surface area contributed by atoms with Crippen molar-refractivity contribution in [3.8, 4) is 0 Å². The Hall–Kier alpha value is -2.68. The van der Waals surface area contributed by atoms with E-state index in [1.807, 2.05) is 63.1 Å². The van der Waals surface area contributed by atoms with Crippen LogP contribution in [0.1, 0.15) is 52.5 Å². The Morgan fingerprint density at radius 1 is 1.16 bits per heavy atom. The molecule has 2 aliphatic heterocycles. The lowest BCUT2D eigenvalue weighted by Crippen LogP contribution is -2.66. The summed E-state index contributed by atoms with van der Waals surface area (Å²) in [5, 5.41) is 27.2. The van der Waals surface area contributed by atoms with Crippen LogP contribution < -0.4 is 10.2 Å². The van der Waals surface area contributed by atoms with E-state index in [-0.39, 0.29) is 24.2 Å². The number of rotatable bonds is 4. The number of fused-ring (bicyclic) bond motifs is 4. The van der Waals surface area contributed by atoms with E-state index in [9.17, 15) is 19.8 Å². The number of likely N-dealkylation sites (N-methyl/N-ethyl adjacent to an activating group) is 1. The molecule has 2 heterocycles. The molecule has 200 valence electrons. The van der Waals surface area contributed by atoms with Gasteiger partial charge in [-0.2, -0.15) is 0 Å². The van der Waals surface area contributed by atoms with Crippen LogP contribution in [-0.4, -0.2) is 59.2 Å². The van der Waals surface area contributed by atoms with Crippen molar-refractivity contribution in [1.82, 2.24) is 5.32 Å². The summed E-state index contributed by atoms with van der Waals surface area (Å²) in [6, 6.07) is 6.81. The molecule has 5 rings (SSSR count). The number of esters is 2. The van der Waals surface area contributed by atoms with Crippen LogP contribution in [0.2, 0.25) is 0 Å². The Bertz CT molecular complexity index is 1160. The number of allylic oxidation sites excluding steroid dienone is 1. The Labute approximate surface area is 218 Å². The lowest BCUT2D eigenvalue weighted by Gasteiger charge is -2.55. The van der Waals surface area contributed by atoms with Gasteiger partial charge in [-0.05, 0) is 50.2 Å². The summed E-state index contributed by atoms with van der Waals surface area (Å²) < 4.78 is 11.8. The fraction of sp³-hybridized carbons (Fsp3) is 0.586. The van der Waals surface area contributed by atoms with Gasteiger partial charge in [-0.15, -0.1) is 0 Å². The summed E-state index contributed by atoms with van der Waals surface area (Å²) >= 11 is 0. The average molecular weight is 511 g/mol. The molecule has 0 bridgehead atoms. The number of benzene rings is 1. The third-order valence-corrected chi connectivity index (χ3v) is 9.21. The van der Waals surface area contributed by atoms with Gasteiger partial charge in [0.15, 0.2) is 12.2 Å². The predicted molar refractivity (Wildman–Crippen MR) is 138 cm³/mol. The summed E-state index contributed by atoms with van der Waals surface area (Å²) in [6.07, 6.45) is 1.22. The molecule has 9 atom stereocenters. The Morgan fingerprint density at radius 2 is 1.86 bits per heavy atom. The summed E-state index contributed by atoms with van der Waals surface area (Å²) in [5.41, 5.74) is 0.692. The van der Waals surface area contributed by atoms with Crippen LogP contribution in [0.15, 0.2) is 48.1 Å². The zero-order valence-corrected chi connectivity index (χ0v) is 22.2. The number of anilines is 1. The van der Waals surface area contributed by atoms with E-state index in [1.165, 1.54) is 6.92 Å². The largest absolute Gasteiger partial charge is 0.454 e. The molecule has 1 aromatic carbocycles. The quantitative estimate of drug-likeness (QED) is 0.419. The predicted octanol–water partition coefficient (Wildman–Crippen LogP) is 2.78. The third kappa shape index (κ3) is 3.83. The van der Waals surface area contributed by atoms with Gasteiger partial charge in [0.05, 0.1) is 0 Å². The van der Waals surface area contributed by atoms with Crippen molar-refractivity contribution < 1.29 is 29.3 Å². The van der Waals surface area contributed by atoms with Crippen molar-refractivity contribution in [2.24, 2.45) is 17.8 Å². The molecule has 1 aromatic rings. The van der Waals surface area contributed by atoms with Crippen molar-refractivity contribution in [2.75, 3.05) is 11.9 Å². The first-order valence-electron chi connectivity index (χ1n) is 13.1. The van der Waals surface area contributed by atoms with Crippen LogP contribution in [-0.2, 0) is 24.7 Å². The summed E-state index contributed by atoms with van der Waals surface area (Å²) in [4.78, 5) is 27.7. The fourth-order valence-electron chi connectivity index (χ4n) is 7.26. The van der Waals surface area contributed by atoms with Crippen molar-refractivity contribution in [3.05, 3.63) is 53.6 Å². The minimum atomic E-state index is -1.44. The highest BCUT2D eigenvalue weighted by atomic mass is 16.6. The monoisotopic (exact) mass is 510 g/mol. The molecule has 2 aliphatic carbocycles. The van der Waals surface area contributed by atoms with Crippen molar-refractivity contribution in [3.63, 3.8) is 0 Å². The maximum absolute atomic E-state index is 13.7. The van der Waals surface area contributed by atoms with Gasteiger partial charge in [0.1, 0.15) is 23.4 Å². The summed E-state index contributed by atoms with van der Waals surface area (Å²) in [6.45, 7) is 11.2. The van der Waals surface area contributed by atoms with Crippen LogP contribution in [0, 0.1) is 17.8 Å². The number of para-hydroxylation sites is 1. The van der Waals surface area contributed by atoms with Gasteiger partial charge < -0.3 is 24.6 Å². The molecule has 0 spiro atoms. The van der Waals surface area contributed by atoms with Crippen LogP contribution >= 0.6 is 0 Å². The van der Waals surface area contributed by atoms with Crippen LogP contribution in [0.25, 0.3) is 0 Å². The maximum Gasteiger partial charge on any atom is 0.323 e. The van der Waals surface area contributed by atoms with Crippen molar-refractivity contribution in [2.45, 2.75) is 82.6 Å². The molecule has 0 radical (unpaired) electrons. The fourth-order valence-corrected chi connectivity index (χ4v) is 7.26. The first kappa shape index (κ1) is 25.9. The number of aliphatic hydroxyl groups is 2. The highest BCUT2D eigenvalue weighted by Gasteiger charge is 2.62.